The lowest BCUT2D eigenvalue weighted by Gasteiger charge is -2.23. The quantitative estimate of drug-likeness (QED) is 0.383. The molecular weight excluding hydrogens is 492 g/mol. The number of carbonyl (C=O) groups is 1. The molecule has 3 rings (SSSR count). The topological polar surface area (TPSA) is 94.2 Å². The summed E-state index contributed by atoms with van der Waals surface area (Å²) in [6.45, 7) is 0.650. The van der Waals surface area contributed by atoms with Gasteiger partial charge in [-0.3, -0.25) is 9.10 Å². The van der Waals surface area contributed by atoms with E-state index in [-0.39, 0.29) is 19.1 Å². The van der Waals surface area contributed by atoms with Gasteiger partial charge in [-0.15, -0.1) is 0 Å². The number of hydrogen-bond donors (Lipinski definition) is 1. The molecule has 0 fully saturated rings. The lowest BCUT2D eigenvalue weighted by atomic mass is 10.1. The summed E-state index contributed by atoms with van der Waals surface area (Å²) in [5.74, 6) is 1.21. The highest BCUT2D eigenvalue weighted by Gasteiger charge is 2.20. The predicted molar refractivity (Wildman–Crippen MR) is 136 cm³/mol. The van der Waals surface area contributed by atoms with Crippen molar-refractivity contribution in [2.24, 2.45) is 0 Å². The first-order valence-electron chi connectivity index (χ1n) is 10.7. The molecule has 8 nitrogen and oxygen atoms in total. The van der Waals surface area contributed by atoms with Crippen molar-refractivity contribution in [1.29, 1.82) is 0 Å². The molecule has 0 unspecified atom stereocenters. The Morgan fingerprint density at radius 2 is 1.63 bits per heavy atom. The molecule has 3 aromatic rings. The standard InChI is InChI=1S/C25H27ClN2O6S/c1-32-23-13-12-20(16-24(23)33-2)28(35(3,30)31)17-18-8-10-19(11-9-18)25(29)27-14-15-34-22-7-5-4-6-21(22)26/h4-13,16H,14-15,17H2,1-3H3,(H,27,29). The zero-order valence-electron chi connectivity index (χ0n) is 19.7. The summed E-state index contributed by atoms with van der Waals surface area (Å²) in [4.78, 5) is 12.4. The molecule has 0 aliphatic carbocycles. The molecule has 1 amide bonds. The van der Waals surface area contributed by atoms with Crippen LogP contribution in [0, 0.1) is 0 Å². The number of nitrogens with one attached hydrogen (secondary N) is 1. The van der Waals surface area contributed by atoms with Crippen molar-refractivity contribution in [3.05, 3.63) is 82.9 Å². The summed E-state index contributed by atoms with van der Waals surface area (Å²) >= 11 is 6.04. The van der Waals surface area contributed by atoms with Crippen molar-refractivity contribution >= 4 is 33.2 Å². The molecule has 0 radical (unpaired) electrons. The maximum absolute atomic E-state index is 12.5. The number of amides is 1. The molecule has 0 aliphatic rings. The van der Waals surface area contributed by atoms with E-state index in [0.717, 1.165) is 6.26 Å². The molecule has 0 spiro atoms. The Bertz CT molecular complexity index is 1270. The average molecular weight is 519 g/mol. The zero-order valence-corrected chi connectivity index (χ0v) is 21.2. The van der Waals surface area contributed by atoms with Gasteiger partial charge in [0.25, 0.3) is 5.91 Å². The van der Waals surface area contributed by atoms with Crippen molar-refractivity contribution in [2.45, 2.75) is 6.54 Å². The third kappa shape index (κ3) is 7.03. The van der Waals surface area contributed by atoms with Gasteiger partial charge in [0, 0.05) is 11.6 Å². The van der Waals surface area contributed by atoms with E-state index in [1.807, 2.05) is 12.1 Å². The Labute approximate surface area is 210 Å². The first-order chi connectivity index (χ1) is 16.7. The van der Waals surface area contributed by atoms with Gasteiger partial charge in [0.1, 0.15) is 12.4 Å². The second-order valence-electron chi connectivity index (χ2n) is 7.54. The van der Waals surface area contributed by atoms with E-state index in [2.05, 4.69) is 5.32 Å². The van der Waals surface area contributed by atoms with Crippen molar-refractivity contribution in [2.75, 3.05) is 37.9 Å². The molecule has 0 saturated heterocycles. The second-order valence-corrected chi connectivity index (χ2v) is 9.85. The fourth-order valence-electron chi connectivity index (χ4n) is 3.30. The van der Waals surface area contributed by atoms with Crippen LogP contribution in [0.15, 0.2) is 66.7 Å². The van der Waals surface area contributed by atoms with Crippen LogP contribution in [0.25, 0.3) is 0 Å². The highest BCUT2D eigenvalue weighted by Crippen LogP contribution is 2.33. The van der Waals surface area contributed by atoms with Crippen molar-refractivity contribution < 1.29 is 27.4 Å². The van der Waals surface area contributed by atoms with Crippen LogP contribution in [0.2, 0.25) is 5.02 Å². The molecule has 0 saturated carbocycles. The summed E-state index contributed by atoms with van der Waals surface area (Å²) in [5, 5.41) is 3.29. The van der Waals surface area contributed by atoms with Crippen LogP contribution in [-0.4, -0.2) is 48.0 Å². The van der Waals surface area contributed by atoms with E-state index < -0.39 is 10.0 Å². The number of ether oxygens (including phenoxy) is 3. The first kappa shape index (κ1) is 26.2. The maximum Gasteiger partial charge on any atom is 0.251 e. The molecular formula is C25H27ClN2O6S. The normalized spacial score (nSPS) is 11.0. The second kappa shape index (κ2) is 11.8. The summed E-state index contributed by atoms with van der Waals surface area (Å²) in [5.41, 5.74) is 1.60. The number of hydrogen-bond acceptors (Lipinski definition) is 6. The van der Waals surface area contributed by atoms with Crippen molar-refractivity contribution in [3.63, 3.8) is 0 Å². The van der Waals surface area contributed by atoms with Crippen LogP contribution in [0.1, 0.15) is 15.9 Å². The van der Waals surface area contributed by atoms with Crippen LogP contribution < -0.4 is 23.8 Å². The third-order valence-corrected chi connectivity index (χ3v) is 6.53. The molecule has 3 aromatic carbocycles. The van der Waals surface area contributed by atoms with Crippen LogP contribution in [-0.2, 0) is 16.6 Å². The number of sulfonamides is 1. The van der Waals surface area contributed by atoms with Gasteiger partial charge in [0.2, 0.25) is 10.0 Å². The van der Waals surface area contributed by atoms with E-state index in [0.29, 0.717) is 45.6 Å². The van der Waals surface area contributed by atoms with Gasteiger partial charge in [-0.05, 0) is 42.0 Å². The molecule has 0 atom stereocenters. The lowest BCUT2D eigenvalue weighted by Crippen LogP contribution is -2.29. The largest absolute Gasteiger partial charge is 0.493 e. The number of carbonyl (C=O) groups excluding carboxylic acids is 1. The maximum atomic E-state index is 12.5. The number of para-hydroxylation sites is 1. The van der Waals surface area contributed by atoms with E-state index in [9.17, 15) is 13.2 Å². The summed E-state index contributed by atoms with van der Waals surface area (Å²) in [6.07, 6.45) is 1.14. The number of anilines is 1. The van der Waals surface area contributed by atoms with E-state index >= 15 is 0 Å². The fourth-order valence-corrected chi connectivity index (χ4v) is 4.37. The Morgan fingerprint density at radius 1 is 0.943 bits per heavy atom. The van der Waals surface area contributed by atoms with Crippen LogP contribution in [0.3, 0.4) is 0 Å². The van der Waals surface area contributed by atoms with Gasteiger partial charge < -0.3 is 19.5 Å². The van der Waals surface area contributed by atoms with Crippen molar-refractivity contribution in [1.82, 2.24) is 5.32 Å². The van der Waals surface area contributed by atoms with E-state index in [4.69, 9.17) is 25.8 Å². The average Bonchev–Trinajstić information content (AvgIpc) is 2.85. The van der Waals surface area contributed by atoms with Gasteiger partial charge in [-0.2, -0.15) is 0 Å². The summed E-state index contributed by atoms with van der Waals surface area (Å²) in [7, 11) is -0.599. The zero-order chi connectivity index (χ0) is 25.4. The molecule has 0 aromatic heterocycles. The lowest BCUT2D eigenvalue weighted by molar-refractivity contribution is 0.0947. The molecule has 1 N–H and O–H groups in total. The van der Waals surface area contributed by atoms with Gasteiger partial charge in [0.15, 0.2) is 11.5 Å². The Balaban J connectivity index is 1.63. The molecule has 0 heterocycles. The molecule has 10 heteroatoms. The molecule has 0 bridgehead atoms. The monoisotopic (exact) mass is 518 g/mol. The fraction of sp³-hybridized carbons (Fsp3) is 0.240. The summed E-state index contributed by atoms with van der Waals surface area (Å²) < 4.78 is 42.4. The van der Waals surface area contributed by atoms with Gasteiger partial charge in [-0.1, -0.05) is 35.9 Å². The third-order valence-electron chi connectivity index (χ3n) is 5.08. The number of benzene rings is 3. The Kier molecular flexibility index (Phi) is 8.84. The molecule has 0 aliphatic heterocycles. The van der Waals surface area contributed by atoms with Gasteiger partial charge >= 0.3 is 0 Å². The number of methoxy groups -OCH3 is 2. The van der Waals surface area contributed by atoms with Gasteiger partial charge in [-0.25, -0.2) is 8.42 Å². The number of rotatable bonds is 11. The SMILES string of the molecule is COc1ccc(N(Cc2ccc(C(=O)NCCOc3ccccc3Cl)cc2)S(C)(=O)=O)cc1OC. The van der Waals surface area contributed by atoms with Crippen molar-refractivity contribution in [3.8, 4) is 17.2 Å². The number of nitrogens with zero attached hydrogens (tertiary/aromatic N) is 1. The molecule has 186 valence electrons. The first-order valence-corrected chi connectivity index (χ1v) is 12.9. The minimum Gasteiger partial charge on any atom is -0.493 e. The minimum absolute atomic E-state index is 0.0852. The van der Waals surface area contributed by atoms with Crippen LogP contribution >= 0.6 is 11.6 Å². The van der Waals surface area contributed by atoms with E-state index in [1.54, 1.807) is 54.6 Å². The minimum atomic E-state index is -3.59. The smallest absolute Gasteiger partial charge is 0.251 e. The van der Waals surface area contributed by atoms with E-state index in [1.165, 1.54) is 18.5 Å². The predicted octanol–water partition coefficient (Wildman–Crippen LogP) is 4.13. The van der Waals surface area contributed by atoms with Crippen LogP contribution in [0.4, 0.5) is 5.69 Å². The number of halogens is 1. The Hall–Kier alpha value is -3.43. The van der Waals surface area contributed by atoms with Gasteiger partial charge in [0.05, 0.1) is 44.3 Å². The highest BCUT2D eigenvalue weighted by atomic mass is 35.5. The Morgan fingerprint density at radius 3 is 2.26 bits per heavy atom. The summed E-state index contributed by atoms with van der Waals surface area (Å²) in [6, 6.07) is 18.7. The molecule has 35 heavy (non-hydrogen) atoms. The van der Waals surface area contributed by atoms with Crippen LogP contribution in [0.5, 0.6) is 17.2 Å². The highest BCUT2D eigenvalue weighted by molar-refractivity contribution is 7.92.